The predicted octanol–water partition coefficient (Wildman–Crippen LogP) is 3.44. The summed E-state index contributed by atoms with van der Waals surface area (Å²) in [4.78, 5) is 26.9. The summed E-state index contributed by atoms with van der Waals surface area (Å²) in [5.41, 5.74) is 2.82. The lowest BCUT2D eigenvalue weighted by atomic mass is 9.83. The van der Waals surface area contributed by atoms with Crippen LogP contribution in [0.5, 0.6) is 0 Å². The molecule has 0 saturated heterocycles. The van der Waals surface area contributed by atoms with Crippen molar-refractivity contribution in [2.24, 2.45) is 0 Å². The summed E-state index contributed by atoms with van der Waals surface area (Å²) in [7, 11) is 2.69. The van der Waals surface area contributed by atoms with Crippen molar-refractivity contribution < 1.29 is 19.1 Å². The van der Waals surface area contributed by atoms with E-state index in [2.05, 4.69) is 0 Å². The molecule has 0 N–H and O–H groups in total. The van der Waals surface area contributed by atoms with Crippen LogP contribution in [0.1, 0.15) is 17.0 Å². The van der Waals surface area contributed by atoms with Gasteiger partial charge >= 0.3 is 11.9 Å². The molecule has 2 aromatic carbocycles. The van der Waals surface area contributed by atoms with Gasteiger partial charge in [-0.15, -0.1) is 0 Å². The van der Waals surface area contributed by atoms with E-state index in [1.807, 2.05) is 65.6 Å². The molecule has 0 amide bonds. The molecule has 1 aliphatic rings. The van der Waals surface area contributed by atoms with Gasteiger partial charge in [0, 0.05) is 18.9 Å². The van der Waals surface area contributed by atoms with E-state index in [9.17, 15) is 9.59 Å². The zero-order valence-electron chi connectivity index (χ0n) is 16.0. The van der Waals surface area contributed by atoms with Crippen molar-refractivity contribution in [3.8, 4) is 0 Å². The van der Waals surface area contributed by atoms with Gasteiger partial charge in [-0.1, -0.05) is 60.7 Å². The molecular formula is C23H23NO4. The van der Waals surface area contributed by atoms with Gasteiger partial charge in [0.2, 0.25) is 0 Å². The van der Waals surface area contributed by atoms with Crippen molar-refractivity contribution in [3.63, 3.8) is 0 Å². The second kappa shape index (κ2) is 9.04. The highest BCUT2D eigenvalue weighted by Crippen LogP contribution is 2.36. The smallest absolute Gasteiger partial charge is 0.336 e. The summed E-state index contributed by atoms with van der Waals surface area (Å²) in [5, 5.41) is 0. The lowest BCUT2D eigenvalue weighted by molar-refractivity contribution is -0.137. The maximum Gasteiger partial charge on any atom is 0.336 e. The molecule has 144 valence electrons. The van der Waals surface area contributed by atoms with Gasteiger partial charge in [0.25, 0.3) is 0 Å². The Hall–Kier alpha value is -3.34. The first-order valence-corrected chi connectivity index (χ1v) is 9.08. The highest BCUT2D eigenvalue weighted by molar-refractivity contribution is 5.98. The van der Waals surface area contributed by atoms with Gasteiger partial charge in [-0.05, 0) is 17.5 Å². The van der Waals surface area contributed by atoms with E-state index >= 15 is 0 Å². The van der Waals surface area contributed by atoms with E-state index in [0.29, 0.717) is 17.7 Å². The van der Waals surface area contributed by atoms with E-state index in [4.69, 9.17) is 9.47 Å². The SMILES string of the molecule is COC(=O)C1=CN(CCc2ccccc2)C=C(C(=O)OC)C1c1ccccc1. The Morgan fingerprint density at radius 3 is 1.82 bits per heavy atom. The Bertz CT molecular complexity index is 853. The van der Waals surface area contributed by atoms with E-state index in [-0.39, 0.29) is 0 Å². The molecule has 3 rings (SSSR count). The van der Waals surface area contributed by atoms with Crippen LogP contribution < -0.4 is 0 Å². The highest BCUT2D eigenvalue weighted by Gasteiger charge is 2.34. The third kappa shape index (κ3) is 4.31. The number of rotatable bonds is 6. The number of esters is 2. The van der Waals surface area contributed by atoms with Crippen LogP contribution in [0, 0.1) is 0 Å². The second-order valence-corrected chi connectivity index (χ2v) is 6.47. The first-order valence-electron chi connectivity index (χ1n) is 9.08. The zero-order valence-corrected chi connectivity index (χ0v) is 16.0. The lowest BCUT2D eigenvalue weighted by Gasteiger charge is -2.30. The molecule has 0 aromatic heterocycles. The number of ether oxygens (including phenoxy) is 2. The predicted molar refractivity (Wildman–Crippen MR) is 106 cm³/mol. The summed E-state index contributed by atoms with van der Waals surface area (Å²) < 4.78 is 10.0. The molecule has 0 saturated carbocycles. The number of benzene rings is 2. The number of hydrogen-bond acceptors (Lipinski definition) is 5. The maximum absolute atomic E-state index is 12.5. The van der Waals surface area contributed by atoms with Gasteiger partial charge in [0.15, 0.2) is 0 Å². The van der Waals surface area contributed by atoms with Crippen molar-refractivity contribution in [2.75, 3.05) is 20.8 Å². The summed E-state index contributed by atoms with van der Waals surface area (Å²) >= 11 is 0. The van der Waals surface area contributed by atoms with E-state index in [1.54, 1.807) is 12.4 Å². The molecule has 0 unspecified atom stereocenters. The molecule has 1 heterocycles. The Labute approximate surface area is 164 Å². The molecule has 5 heteroatoms. The molecular weight excluding hydrogens is 354 g/mol. The molecule has 0 aliphatic carbocycles. The largest absolute Gasteiger partial charge is 0.466 e. The molecule has 2 aromatic rings. The topological polar surface area (TPSA) is 55.8 Å². The number of carbonyl (C=O) groups excluding carboxylic acids is 2. The van der Waals surface area contributed by atoms with Gasteiger partial charge in [-0.25, -0.2) is 9.59 Å². The fourth-order valence-corrected chi connectivity index (χ4v) is 3.32. The molecule has 5 nitrogen and oxygen atoms in total. The summed E-state index contributed by atoms with van der Waals surface area (Å²) in [5.74, 6) is -1.46. The number of hydrogen-bond donors (Lipinski definition) is 0. The second-order valence-electron chi connectivity index (χ2n) is 6.47. The number of carbonyl (C=O) groups is 2. The van der Waals surface area contributed by atoms with Crippen molar-refractivity contribution in [3.05, 3.63) is 95.3 Å². The minimum Gasteiger partial charge on any atom is -0.466 e. The van der Waals surface area contributed by atoms with Gasteiger partial charge < -0.3 is 14.4 Å². The molecule has 0 bridgehead atoms. The average Bonchev–Trinajstić information content (AvgIpc) is 2.77. The Kier molecular flexibility index (Phi) is 6.27. The van der Waals surface area contributed by atoms with Crippen LogP contribution in [0.4, 0.5) is 0 Å². The van der Waals surface area contributed by atoms with Crippen LogP contribution >= 0.6 is 0 Å². The van der Waals surface area contributed by atoms with Crippen molar-refractivity contribution in [1.82, 2.24) is 4.90 Å². The Balaban J connectivity index is 1.96. The van der Waals surface area contributed by atoms with Crippen LogP contribution in [-0.2, 0) is 25.5 Å². The number of methoxy groups -OCH3 is 2. The third-order valence-electron chi connectivity index (χ3n) is 4.71. The van der Waals surface area contributed by atoms with Crippen LogP contribution in [0.15, 0.2) is 84.2 Å². The Morgan fingerprint density at radius 2 is 1.32 bits per heavy atom. The summed E-state index contributed by atoms with van der Waals surface area (Å²) in [6.45, 7) is 0.618. The number of nitrogens with zero attached hydrogens (tertiary/aromatic N) is 1. The standard InChI is InChI=1S/C23H23NO4/c1-27-22(25)19-15-24(14-13-17-9-5-3-6-10-17)16-20(23(26)28-2)21(19)18-11-7-4-8-12-18/h3-12,15-16,21H,13-14H2,1-2H3. The molecule has 0 fully saturated rings. The minimum atomic E-state index is -0.533. The van der Waals surface area contributed by atoms with E-state index in [1.165, 1.54) is 19.8 Å². The normalized spacial score (nSPS) is 14.1. The first-order chi connectivity index (χ1) is 13.6. The summed E-state index contributed by atoms with van der Waals surface area (Å²) in [6.07, 6.45) is 4.30. The van der Waals surface area contributed by atoms with Crippen LogP contribution in [0.25, 0.3) is 0 Å². The maximum atomic E-state index is 12.5. The first kappa shape index (κ1) is 19.4. The average molecular weight is 377 g/mol. The third-order valence-corrected chi connectivity index (χ3v) is 4.71. The highest BCUT2D eigenvalue weighted by atomic mass is 16.5. The molecule has 28 heavy (non-hydrogen) atoms. The molecule has 1 aliphatic heterocycles. The Morgan fingerprint density at radius 1 is 0.821 bits per heavy atom. The van der Waals surface area contributed by atoms with Gasteiger partial charge in [-0.2, -0.15) is 0 Å². The lowest BCUT2D eigenvalue weighted by Crippen LogP contribution is -2.29. The van der Waals surface area contributed by atoms with Crippen LogP contribution in [0.2, 0.25) is 0 Å². The molecule has 0 spiro atoms. The van der Waals surface area contributed by atoms with Gasteiger partial charge in [0.1, 0.15) is 0 Å². The van der Waals surface area contributed by atoms with E-state index < -0.39 is 17.9 Å². The zero-order chi connectivity index (χ0) is 19.9. The van der Waals surface area contributed by atoms with Gasteiger partial charge in [-0.3, -0.25) is 0 Å². The van der Waals surface area contributed by atoms with E-state index in [0.717, 1.165) is 12.0 Å². The summed E-state index contributed by atoms with van der Waals surface area (Å²) in [6, 6.07) is 19.5. The quantitative estimate of drug-likeness (QED) is 0.722. The minimum absolute atomic E-state index is 0.407. The fourth-order valence-electron chi connectivity index (χ4n) is 3.32. The molecule has 0 atom stereocenters. The monoisotopic (exact) mass is 377 g/mol. The van der Waals surface area contributed by atoms with Crippen molar-refractivity contribution in [1.29, 1.82) is 0 Å². The van der Waals surface area contributed by atoms with Crippen molar-refractivity contribution in [2.45, 2.75) is 12.3 Å². The van der Waals surface area contributed by atoms with Crippen molar-refractivity contribution >= 4 is 11.9 Å². The fraction of sp³-hybridized carbons (Fsp3) is 0.217. The van der Waals surface area contributed by atoms with Gasteiger partial charge in [0.05, 0.1) is 31.3 Å². The molecule has 0 radical (unpaired) electrons. The van der Waals surface area contributed by atoms with Crippen LogP contribution in [-0.4, -0.2) is 37.6 Å². The van der Waals surface area contributed by atoms with Crippen LogP contribution in [0.3, 0.4) is 0 Å².